The van der Waals surface area contributed by atoms with E-state index in [2.05, 4.69) is 15.1 Å². The van der Waals surface area contributed by atoms with Gasteiger partial charge in [-0.25, -0.2) is 0 Å². The Balaban J connectivity index is 1.95. The van der Waals surface area contributed by atoms with Crippen LogP contribution in [-0.2, 0) is 11.2 Å². The molecule has 0 bridgehead atoms. The second-order valence-electron chi connectivity index (χ2n) is 5.82. The lowest BCUT2D eigenvalue weighted by atomic mass is 10.1. The van der Waals surface area contributed by atoms with E-state index < -0.39 is 5.97 Å². The van der Waals surface area contributed by atoms with Crippen molar-refractivity contribution in [3.8, 4) is 11.4 Å². The molecule has 124 valence electrons. The molecular weight excluding hydrogens is 310 g/mol. The molecule has 0 saturated carbocycles. The summed E-state index contributed by atoms with van der Waals surface area (Å²) >= 11 is 0. The molecule has 0 aliphatic rings. The van der Waals surface area contributed by atoms with E-state index in [0.717, 1.165) is 22.0 Å². The Kier molecular flexibility index (Phi) is 4.16. The van der Waals surface area contributed by atoms with Crippen molar-refractivity contribution in [2.75, 3.05) is 0 Å². The number of nitrogens with zero attached hydrogens (tertiary/aromatic N) is 2. The van der Waals surface area contributed by atoms with Gasteiger partial charge in [0.15, 0.2) is 0 Å². The maximum absolute atomic E-state index is 12.3. The third kappa shape index (κ3) is 3.19. The van der Waals surface area contributed by atoms with E-state index in [4.69, 9.17) is 9.63 Å². The molecular formula is C17H17N3O4. The Morgan fingerprint density at radius 3 is 2.83 bits per heavy atom. The fourth-order valence-corrected chi connectivity index (χ4v) is 2.71. The van der Waals surface area contributed by atoms with Gasteiger partial charge >= 0.3 is 5.97 Å². The van der Waals surface area contributed by atoms with E-state index in [1.807, 2.05) is 26.0 Å². The van der Waals surface area contributed by atoms with Crippen LogP contribution in [0.5, 0.6) is 0 Å². The fourth-order valence-electron chi connectivity index (χ4n) is 2.71. The van der Waals surface area contributed by atoms with E-state index in [0.29, 0.717) is 24.3 Å². The Hall–Kier alpha value is -2.96. The smallest absolute Gasteiger partial charge is 0.303 e. The van der Waals surface area contributed by atoms with Crippen molar-refractivity contribution >= 4 is 16.9 Å². The van der Waals surface area contributed by atoms with Crippen LogP contribution in [-0.4, -0.2) is 26.2 Å². The van der Waals surface area contributed by atoms with Crippen LogP contribution in [0.2, 0.25) is 0 Å². The summed E-state index contributed by atoms with van der Waals surface area (Å²) in [4.78, 5) is 29.9. The number of carboxylic acids is 1. The molecule has 0 aliphatic heterocycles. The van der Waals surface area contributed by atoms with Crippen LogP contribution in [0.1, 0.15) is 29.9 Å². The number of fused-ring (bicyclic) bond motifs is 1. The van der Waals surface area contributed by atoms with Gasteiger partial charge in [0.05, 0.1) is 11.1 Å². The van der Waals surface area contributed by atoms with Gasteiger partial charge in [-0.3, -0.25) is 9.59 Å². The van der Waals surface area contributed by atoms with Gasteiger partial charge in [0.1, 0.15) is 0 Å². The Morgan fingerprint density at radius 1 is 1.29 bits per heavy atom. The van der Waals surface area contributed by atoms with E-state index in [1.54, 1.807) is 6.07 Å². The summed E-state index contributed by atoms with van der Waals surface area (Å²) in [7, 11) is 0. The second-order valence-corrected chi connectivity index (χ2v) is 5.82. The summed E-state index contributed by atoms with van der Waals surface area (Å²) in [5, 5.41) is 13.4. The summed E-state index contributed by atoms with van der Waals surface area (Å²) in [6.45, 7) is 3.94. The third-order valence-corrected chi connectivity index (χ3v) is 3.78. The van der Waals surface area contributed by atoms with Gasteiger partial charge in [0.2, 0.25) is 11.7 Å². The number of aromatic amines is 1. The average molecular weight is 327 g/mol. The summed E-state index contributed by atoms with van der Waals surface area (Å²) in [6, 6.07) is 5.74. The molecule has 0 spiro atoms. The molecule has 0 amide bonds. The number of aryl methyl sites for hydroxylation is 3. The molecule has 0 fully saturated rings. The van der Waals surface area contributed by atoms with E-state index in [9.17, 15) is 9.59 Å². The number of carboxylic acid groups (broad SMARTS) is 1. The van der Waals surface area contributed by atoms with Crippen LogP contribution in [0, 0.1) is 13.8 Å². The number of pyridine rings is 1. The number of aromatic nitrogens is 3. The van der Waals surface area contributed by atoms with Gasteiger partial charge in [-0.1, -0.05) is 16.8 Å². The van der Waals surface area contributed by atoms with E-state index >= 15 is 0 Å². The minimum atomic E-state index is -0.869. The van der Waals surface area contributed by atoms with Crippen molar-refractivity contribution in [2.24, 2.45) is 0 Å². The Morgan fingerprint density at radius 2 is 2.08 bits per heavy atom. The van der Waals surface area contributed by atoms with E-state index in [-0.39, 0.29) is 17.8 Å². The minimum absolute atomic E-state index is 0.0345. The third-order valence-electron chi connectivity index (χ3n) is 3.78. The van der Waals surface area contributed by atoms with Crippen molar-refractivity contribution in [3.05, 3.63) is 45.6 Å². The highest BCUT2D eigenvalue weighted by molar-refractivity contribution is 5.85. The number of hydrogen-bond acceptors (Lipinski definition) is 5. The Labute approximate surface area is 137 Å². The molecule has 2 N–H and O–H groups in total. The van der Waals surface area contributed by atoms with Crippen molar-refractivity contribution in [2.45, 2.75) is 33.1 Å². The SMILES string of the molecule is Cc1cc(C)c2[nH]c(=O)c(-c3noc(CCCC(=O)O)n3)cc2c1. The molecule has 0 saturated heterocycles. The first-order chi connectivity index (χ1) is 11.4. The molecule has 3 aromatic rings. The summed E-state index contributed by atoms with van der Waals surface area (Å²) in [5.74, 6) is -0.333. The molecule has 0 unspecified atom stereocenters. The Bertz CT molecular complexity index is 972. The average Bonchev–Trinajstić information content (AvgIpc) is 2.96. The van der Waals surface area contributed by atoms with Gasteiger partial charge in [-0.15, -0.1) is 0 Å². The van der Waals surface area contributed by atoms with Crippen molar-refractivity contribution in [3.63, 3.8) is 0 Å². The highest BCUT2D eigenvalue weighted by Crippen LogP contribution is 2.21. The van der Waals surface area contributed by atoms with Gasteiger partial charge < -0.3 is 14.6 Å². The summed E-state index contributed by atoms with van der Waals surface area (Å²) < 4.78 is 5.11. The normalized spacial score (nSPS) is 11.1. The zero-order valence-corrected chi connectivity index (χ0v) is 13.4. The van der Waals surface area contributed by atoms with Gasteiger partial charge in [-0.2, -0.15) is 4.98 Å². The first-order valence-corrected chi connectivity index (χ1v) is 7.63. The predicted molar refractivity (Wildman–Crippen MR) is 87.9 cm³/mol. The van der Waals surface area contributed by atoms with Crippen LogP contribution >= 0.6 is 0 Å². The lowest BCUT2D eigenvalue weighted by Gasteiger charge is -2.05. The van der Waals surface area contributed by atoms with Gasteiger partial charge in [-0.05, 0) is 43.4 Å². The zero-order chi connectivity index (χ0) is 17.3. The van der Waals surface area contributed by atoms with Crippen molar-refractivity contribution < 1.29 is 14.4 Å². The molecule has 0 aliphatic carbocycles. The highest BCUT2D eigenvalue weighted by Gasteiger charge is 2.14. The van der Waals surface area contributed by atoms with Crippen LogP contribution in [0.3, 0.4) is 0 Å². The molecule has 2 heterocycles. The lowest BCUT2D eigenvalue weighted by molar-refractivity contribution is -0.137. The monoisotopic (exact) mass is 327 g/mol. The predicted octanol–water partition coefficient (Wildman–Crippen LogP) is 2.60. The van der Waals surface area contributed by atoms with Crippen LogP contribution in [0.4, 0.5) is 0 Å². The fraction of sp³-hybridized carbons (Fsp3) is 0.294. The highest BCUT2D eigenvalue weighted by atomic mass is 16.5. The van der Waals surface area contributed by atoms with Gasteiger partial charge in [0.25, 0.3) is 5.56 Å². The summed E-state index contributed by atoms with van der Waals surface area (Å²) in [5.41, 5.74) is 2.93. The number of carbonyl (C=O) groups is 1. The molecule has 7 heteroatoms. The molecule has 3 rings (SSSR count). The van der Waals surface area contributed by atoms with Crippen LogP contribution in [0.25, 0.3) is 22.3 Å². The topological polar surface area (TPSA) is 109 Å². The number of hydrogen-bond donors (Lipinski definition) is 2. The van der Waals surface area contributed by atoms with Crippen molar-refractivity contribution in [1.82, 2.24) is 15.1 Å². The van der Waals surface area contributed by atoms with Crippen LogP contribution < -0.4 is 5.56 Å². The number of nitrogens with one attached hydrogen (secondary N) is 1. The first-order valence-electron chi connectivity index (χ1n) is 7.63. The lowest BCUT2D eigenvalue weighted by Crippen LogP contribution is -2.10. The number of H-pyrrole nitrogens is 1. The number of rotatable bonds is 5. The second kappa shape index (κ2) is 6.27. The molecule has 24 heavy (non-hydrogen) atoms. The van der Waals surface area contributed by atoms with E-state index in [1.165, 1.54) is 0 Å². The zero-order valence-electron chi connectivity index (χ0n) is 13.4. The minimum Gasteiger partial charge on any atom is -0.481 e. The molecule has 0 radical (unpaired) electrons. The molecule has 7 nitrogen and oxygen atoms in total. The maximum Gasteiger partial charge on any atom is 0.303 e. The first kappa shape index (κ1) is 15.9. The largest absolute Gasteiger partial charge is 0.481 e. The van der Waals surface area contributed by atoms with Crippen LogP contribution in [0.15, 0.2) is 27.5 Å². The van der Waals surface area contributed by atoms with Crippen molar-refractivity contribution in [1.29, 1.82) is 0 Å². The number of aliphatic carboxylic acids is 1. The summed E-state index contributed by atoms with van der Waals surface area (Å²) in [6.07, 6.45) is 0.805. The maximum atomic E-state index is 12.3. The quantitative estimate of drug-likeness (QED) is 0.745. The molecule has 1 aromatic carbocycles. The molecule has 0 atom stereocenters. The van der Waals surface area contributed by atoms with Gasteiger partial charge in [0, 0.05) is 12.8 Å². The standard InChI is InChI=1S/C17H17N3O4/c1-9-6-10(2)15-11(7-9)8-12(17(23)19-15)16-18-13(24-20-16)4-3-5-14(21)22/h6-8H,3-5H2,1-2H3,(H,19,23)(H,21,22). The number of benzene rings is 1. The molecule has 2 aromatic heterocycles.